The molecule has 14 heavy (non-hydrogen) atoms. The minimum Gasteiger partial charge on any atom is -0.453 e. The average molecular weight is 239 g/mol. The molecule has 0 aromatic rings. The van der Waals surface area contributed by atoms with E-state index >= 15 is 0 Å². The van der Waals surface area contributed by atoms with E-state index in [1.54, 1.807) is 0 Å². The number of ether oxygens (including phenoxy) is 1. The Morgan fingerprint density at radius 3 is 2.71 bits per heavy atom. The number of carbonyl (C=O) groups excluding carboxylic acids is 1. The van der Waals surface area contributed by atoms with Crippen LogP contribution in [0.5, 0.6) is 0 Å². The van der Waals surface area contributed by atoms with Gasteiger partial charge in [0.25, 0.3) is 0 Å². The van der Waals surface area contributed by atoms with Gasteiger partial charge in [-0.15, -0.1) is 0 Å². The monoisotopic (exact) mass is 239 g/mol. The van der Waals surface area contributed by atoms with Crippen LogP contribution in [0, 0.1) is 0 Å². The van der Waals surface area contributed by atoms with Gasteiger partial charge in [0.1, 0.15) is 5.37 Å². The van der Waals surface area contributed by atoms with Crippen molar-refractivity contribution in [2.24, 2.45) is 0 Å². The molecule has 82 valence electrons. The molecule has 7 heteroatoms. The smallest absolute Gasteiger partial charge is 0.410 e. The zero-order valence-corrected chi connectivity index (χ0v) is 9.73. The molecular formula is C7H13NO4S2. The molecule has 0 spiro atoms. The van der Waals surface area contributed by atoms with Gasteiger partial charge in [-0.05, 0) is 0 Å². The molecule has 1 amide bonds. The lowest BCUT2D eigenvalue weighted by Gasteiger charge is -2.32. The van der Waals surface area contributed by atoms with Crippen LogP contribution in [0.2, 0.25) is 0 Å². The Bertz CT molecular complexity index is 314. The zero-order valence-electron chi connectivity index (χ0n) is 8.10. The number of methoxy groups -OCH3 is 1. The van der Waals surface area contributed by atoms with Crippen molar-refractivity contribution >= 4 is 27.7 Å². The summed E-state index contributed by atoms with van der Waals surface area (Å²) in [5.74, 6) is 1.18. The van der Waals surface area contributed by atoms with Crippen LogP contribution < -0.4 is 0 Å². The quantitative estimate of drug-likeness (QED) is 0.653. The Hall–Kier alpha value is -0.430. The number of amides is 1. The normalized spacial score (nSPS) is 23.3. The van der Waals surface area contributed by atoms with Crippen molar-refractivity contribution in [1.82, 2.24) is 4.90 Å². The fraction of sp³-hybridized carbons (Fsp3) is 0.857. The van der Waals surface area contributed by atoms with Crippen LogP contribution in [-0.4, -0.2) is 56.2 Å². The SMILES string of the molecule is COC(=O)N1CCSCC1S(C)(=O)=O. The maximum atomic E-state index is 11.4. The maximum absolute atomic E-state index is 11.4. The van der Waals surface area contributed by atoms with Crippen molar-refractivity contribution in [3.8, 4) is 0 Å². The first-order valence-corrected chi connectivity index (χ1v) is 7.19. The van der Waals surface area contributed by atoms with E-state index in [0.717, 1.165) is 12.0 Å². The van der Waals surface area contributed by atoms with Gasteiger partial charge in [0, 0.05) is 24.3 Å². The highest BCUT2D eigenvalue weighted by Gasteiger charge is 2.34. The first kappa shape index (κ1) is 11.6. The molecule has 0 bridgehead atoms. The molecule has 1 fully saturated rings. The number of sulfone groups is 1. The second kappa shape index (κ2) is 4.39. The Morgan fingerprint density at radius 2 is 2.21 bits per heavy atom. The summed E-state index contributed by atoms with van der Waals surface area (Å²) >= 11 is 1.53. The van der Waals surface area contributed by atoms with E-state index in [1.807, 2.05) is 0 Å². The van der Waals surface area contributed by atoms with E-state index in [9.17, 15) is 13.2 Å². The van der Waals surface area contributed by atoms with Gasteiger partial charge in [0.05, 0.1) is 7.11 Å². The molecule has 0 aromatic heterocycles. The van der Waals surface area contributed by atoms with E-state index < -0.39 is 21.3 Å². The first-order valence-electron chi connectivity index (χ1n) is 4.08. The third-order valence-electron chi connectivity index (χ3n) is 1.99. The molecule has 0 N–H and O–H groups in total. The fourth-order valence-corrected chi connectivity index (χ4v) is 4.07. The number of nitrogens with zero attached hydrogens (tertiary/aromatic N) is 1. The molecule has 1 aliphatic rings. The van der Waals surface area contributed by atoms with Crippen LogP contribution >= 0.6 is 11.8 Å². The third-order valence-corrected chi connectivity index (χ3v) is 4.63. The van der Waals surface area contributed by atoms with Gasteiger partial charge >= 0.3 is 6.09 Å². The van der Waals surface area contributed by atoms with Gasteiger partial charge in [0.15, 0.2) is 9.84 Å². The van der Waals surface area contributed by atoms with Gasteiger partial charge in [-0.1, -0.05) is 0 Å². The summed E-state index contributed by atoms with van der Waals surface area (Å²) in [6.45, 7) is 0.426. The minimum atomic E-state index is -3.23. The van der Waals surface area contributed by atoms with Gasteiger partial charge in [-0.25, -0.2) is 13.2 Å². The highest BCUT2D eigenvalue weighted by molar-refractivity contribution is 8.00. The highest BCUT2D eigenvalue weighted by Crippen LogP contribution is 2.20. The van der Waals surface area contributed by atoms with Gasteiger partial charge in [-0.3, -0.25) is 4.90 Å². The van der Waals surface area contributed by atoms with Crippen molar-refractivity contribution < 1.29 is 17.9 Å². The van der Waals surface area contributed by atoms with Crippen LogP contribution in [0.1, 0.15) is 0 Å². The van der Waals surface area contributed by atoms with Crippen LogP contribution in [0.25, 0.3) is 0 Å². The summed E-state index contributed by atoms with van der Waals surface area (Å²) in [6, 6.07) is 0. The molecule has 1 aliphatic heterocycles. The van der Waals surface area contributed by atoms with Crippen molar-refractivity contribution in [1.29, 1.82) is 0 Å². The summed E-state index contributed by atoms with van der Waals surface area (Å²) in [5, 5.41) is -0.742. The lowest BCUT2D eigenvalue weighted by molar-refractivity contribution is 0.122. The number of hydrogen-bond acceptors (Lipinski definition) is 5. The number of hydrogen-bond donors (Lipinski definition) is 0. The van der Waals surface area contributed by atoms with Crippen LogP contribution in [0.3, 0.4) is 0 Å². The number of carbonyl (C=O) groups is 1. The van der Waals surface area contributed by atoms with Gasteiger partial charge < -0.3 is 4.74 Å². The molecule has 1 atom stereocenters. The molecule has 0 aliphatic carbocycles. The molecule has 1 saturated heterocycles. The van der Waals surface area contributed by atoms with Crippen molar-refractivity contribution in [2.45, 2.75) is 5.37 Å². The van der Waals surface area contributed by atoms with E-state index in [-0.39, 0.29) is 0 Å². The number of rotatable bonds is 1. The summed E-state index contributed by atoms with van der Waals surface area (Å²) < 4.78 is 27.2. The standard InChI is InChI=1S/C7H13NO4S2/c1-12-7(9)8-3-4-13-5-6(8)14(2,10)11/h6H,3-5H2,1-2H3. The molecule has 1 unspecified atom stereocenters. The minimum absolute atomic E-state index is 0.425. The lowest BCUT2D eigenvalue weighted by Crippen LogP contribution is -2.49. The Labute approximate surface area is 87.7 Å². The Balaban J connectivity index is 2.85. The third kappa shape index (κ3) is 2.54. The van der Waals surface area contributed by atoms with Crippen LogP contribution in [0.15, 0.2) is 0 Å². The van der Waals surface area contributed by atoms with E-state index in [2.05, 4.69) is 4.74 Å². The van der Waals surface area contributed by atoms with Crippen molar-refractivity contribution in [3.05, 3.63) is 0 Å². The molecule has 0 aromatic carbocycles. The Morgan fingerprint density at radius 1 is 1.57 bits per heavy atom. The van der Waals surface area contributed by atoms with Gasteiger partial charge in [-0.2, -0.15) is 11.8 Å². The van der Waals surface area contributed by atoms with E-state index in [1.165, 1.54) is 23.8 Å². The topological polar surface area (TPSA) is 63.7 Å². The van der Waals surface area contributed by atoms with Gasteiger partial charge in [0.2, 0.25) is 0 Å². The predicted octanol–water partition coefficient (Wildman–Crippen LogP) is 0.172. The van der Waals surface area contributed by atoms with Crippen molar-refractivity contribution in [3.63, 3.8) is 0 Å². The molecular weight excluding hydrogens is 226 g/mol. The molecule has 0 radical (unpaired) electrons. The van der Waals surface area contributed by atoms with Crippen LogP contribution in [0.4, 0.5) is 4.79 Å². The summed E-state index contributed by atoms with van der Waals surface area (Å²) in [6.07, 6.45) is 0.570. The molecule has 0 saturated carbocycles. The van der Waals surface area contributed by atoms with E-state index in [4.69, 9.17) is 0 Å². The Kier molecular flexibility index (Phi) is 3.65. The fourth-order valence-electron chi connectivity index (χ4n) is 1.26. The zero-order chi connectivity index (χ0) is 10.8. The second-order valence-corrected chi connectivity index (χ2v) is 6.38. The maximum Gasteiger partial charge on any atom is 0.410 e. The average Bonchev–Trinajstić information content (AvgIpc) is 2.15. The van der Waals surface area contributed by atoms with E-state index in [0.29, 0.717) is 12.3 Å². The summed E-state index contributed by atoms with van der Waals surface area (Å²) in [7, 11) is -1.97. The highest BCUT2D eigenvalue weighted by atomic mass is 32.2. The summed E-state index contributed by atoms with van der Waals surface area (Å²) in [5.41, 5.74) is 0. The molecule has 1 rings (SSSR count). The van der Waals surface area contributed by atoms with Crippen molar-refractivity contribution in [2.75, 3.05) is 31.4 Å². The molecule has 1 heterocycles. The largest absolute Gasteiger partial charge is 0.453 e. The molecule has 5 nitrogen and oxygen atoms in total. The summed E-state index contributed by atoms with van der Waals surface area (Å²) in [4.78, 5) is 12.5. The predicted molar refractivity (Wildman–Crippen MR) is 55.1 cm³/mol. The second-order valence-electron chi connectivity index (χ2n) is 3.02. The first-order chi connectivity index (χ1) is 6.46. The lowest BCUT2D eigenvalue weighted by atomic mass is 10.5. The van der Waals surface area contributed by atoms with Crippen LogP contribution in [-0.2, 0) is 14.6 Å². The number of thioether (sulfide) groups is 1.